The molecule has 2 unspecified atom stereocenters. The third-order valence-electron chi connectivity index (χ3n) is 4.17. The number of anilines is 1. The van der Waals surface area contributed by atoms with Crippen LogP contribution < -0.4 is 11.3 Å². The van der Waals surface area contributed by atoms with Gasteiger partial charge in [-0.3, -0.25) is 0 Å². The molecule has 0 saturated carbocycles. The van der Waals surface area contributed by atoms with Crippen LogP contribution >= 0.6 is 11.6 Å². The number of halogens is 1. The Kier molecular flexibility index (Phi) is 3.83. The lowest BCUT2D eigenvalue weighted by molar-refractivity contribution is 0.0768. The number of sulfonamides is 1. The van der Waals surface area contributed by atoms with Crippen LogP contribution in [0.5, 0.6) is 0 Å². The van der Waals surface area contributed by atoms with E-state index >= 15 is 0 Å². The van der Waals surface area contributed by atoms with E-state index < -0.39 is 16.1 Å². The molecule has 0 aromatic carbocycles. The lowest BCUT2D eigenvalue weighted by Gasteiger charge is -2.35. The number of nitrogens with two attached hydrogens (primary N) is 1. The Morgan fingerprint density at radius 2 is 2.00 bits per heavy atom. The highest BCUT2D eigenvalue weighted by atomic mass is 35.5. The lowest BCUT2D eigenvalue weighted by Crippen LogP contribution is -2.47. The third-order valence-corrected chi connectivity index (χ3v) is 6.43. The predicted molar refractivity (Wildman–Crippen MR) is 78.1 cm³/mol. The van der Waals surface area contributed by atoms with Crippen LogP contribution in [-0.4, -0.2) is 41.0 Å². The minimum atomic E-state index is -3.66. The molecule has 2 fully saturated rings. The number of nitrogens with zero attached hydrogens (tertiary/aromatic N) is 2. The summed E-state index contributed by atoms with van der Waals surface area (Å²) in [6.45, 7) is 0. The van der Waals surface area contributed by atoms with Crippen molar-refractivity contribution in [3.63, 3.8) is 0 Å². The summed E-state index contributed by atoms with van der Waals surface area (Å²) < 4.78 is 27.1. The summed E-state index contributed by atoms with van der Waals surface area (Å²) in [6, 6.07) is 1.06. The number of nitrogens with one attached hydrogen (secondary N) is 1. The average Bonchev–Trinajstić information content (AvgIpc) is 2.72. The Labute approximate surface area is 128 Å². The van der Waals surface area contributed by atoms with Gasteiger partial charge in [-0.05, 0) is 31.7 Å². The first-order valence-corrected chi connectivity index (χ1v) is 8.59. The van der Waals surface area contributed by atoms with Gasteiger partial charge in [0.05, 0.1) is 11.1 Å². The first kappa shape index (κ1) is 15.0. The van der Waals surface area contributed by atoms with E-state index in [-0.39, 0.29) is 27.8 Å². The van der Waals surface area contributed by atoms with Crippen molar-refractivity contribution in [1.82, 2.24) is 9.29 Å². The van der Waals surface area contributed by atoms with Gasteiger partial charge in [-0.25, -0.2) is 19.2 Å². The molecule has 0 radical (unpaired) electrons. The minimum Gasteiger partial charge on any atom is -0.393 e. The van der Waals surface area contributed by atoms with Crippen LogP contribution in [0.15, 0.2) is 17.2 Å². The van der Waals surface area contributed by atoms with Crippen molar-refractivity contribution < 1.29 is 13.5 Å². The fourth-order valence-electron chi connectivity index (χ4n) is 3.29. The lowest BCUT2D eigenvalue weighted by atomic mass is 10.0. The molecule has 4 N–H and O–H groups in total. The highest BCUT2D eigenvalue weighted by molar-refractivity contribution is 7.89. The number of rotatable bonds is 3. The summed E-state index contributed by atoms with van der Waals surface area (Å²) in [7, 11) is -3.66. The quantitative estimate of drug-likeness (QED) is 0.555. The molecule has 9 heteroatoms. The normalized spacial score (nSPS) is 29.6. The number of pyridine rings is 1. The Bertz CT molecular complexity index is 640. The number of hydrazine groups is 1. The van der Waals surface area contributed by atoms with Crippen LogP contribution in [0.4, 0.5) is 5.82 Å². The monoisotopic (exact) mass is 332 g/mol. The summed E-state index contributed by atoms with van der Waals surface area (Å²) in [5.41, 5.74) is 2.30. The van der Waals surface area contributed by atoms with Gasteiger partial charge in [0.1, 0.15) is 4.90 Å². The second-order valence-electron chi connectivity index (χ2n) is 5.49. The van der Waals surface area contributed by atoms with Crippen LogP contribution in [0.3, 0.4) is 0 Å². The zero-order chi connectivity index (χ0) is 15.2. The second kappa shape index (κ2) is 5.36. The zero-order valence-electron chi connectivity index (χ0n) is 11.2. The maximum absolute atomic E-state index is 12.8. The van der Waals surface area contributed by atoms with E-state index in [1.807, 2.05) is 0 Å². The Morgan fingerprint density at radius 1 is 1.38 bits per heavy atom. The Hall–Kier alpha value is -0.930. The van der Waals surface area contributed by atoms with Crippen molar-refractivity contribution in [3.8, 4) is 0 Å². The van der Waals surface area contributed by atoms with E-state index in [0.29, 0.717) is 12.8 Å². The fraction of sp³-hybridized carbons (Fsp3) is 0.583. The van der Waals surface area contributed by atoms with Crippen molar-refractivity contribution in [2.24, 2.45) is 5.84 Å². The summed E-state index contributed by atoms with van der Waals surface area (Å²) in [6.07, 6.45) is 3.37. The molecular formula is C12H17ClN4O3S. The Morgan fingerprint density at radius 3 is 2.52 bits per heavy atom. The number of aromatic nitrogens is 1. The van der Waals surface area contributed by atoms with E-state index in [1.165, 1.54) is 16.6 Å². The molecule has 3 rings (SSSR count). The second-order valence-corrected chi connectivity index (χ2v) is 7.74. The van der Waals surface area contributed by atoms with Crippen LogP contribution in [-0.2, 0) is 10.0 Å². The van der Waals surface area contributed by atoms with Crippen molar-refractivity contribution in [3.05, 3.63) is 17.3 Å². The van der Waals surface area contributed by atoms with Crippen molar-refractivity contribution in [2.45, 2.75) is 48.8 Å². The molecule has 2 aliphatic rings. The third kappa shape index (κ3) is 2.51. The minimum absolute atomic E-state index is 0.0554. The van der Waals surface area contributed by atoms with E-state index in [0.717, 1.165) is 12.8 Å². The van der Waals surface area contributed by atoms with Crippen LogP contribution in [0.1, 0.15) is 25.7 Å². The van der Waals surface area contributed by atoms with Gasteiger partial charge in [0, 0.05) is 18.3 Å². The molecule has 3 heterocycles. The van der Waals surface area contributed by atoms with Gasteiger partial charge in [-0.2, -0.15) is 4.31 Å². The molecule has 0 aliphatic carbocycles. The largest absolute Gasteiger partial charge is 0.393 e. The van der Waals surface area contributed by atoms with Gasteiger partial charge in [-0.1, -0.05) is 11.6 Å². The highest BCUT2D eigenvalue weighted by Gasteiger charge is 2.47. The molecular weight excluding hydrogens is 316 g/mol. The molecule has 0 spiro atoms. The molecule has 1 aromatic rings. The number of hydrogen-bond donors (Lipinski definition) is 3. The van der Waals surface area contributed by atoms with Crippen molar-refractivity contribution in [1.29, 1.82) is 0 Å². The number of nitrogen functional groups attached to an aromatic ring is 1. The van der Waals surface area contributed by atoms with Crippen molar-refractivity contribution in [2.75, 3.05) is 5.43 Å². The van der Waals surface area contributed by atoms with Gasteiger partial charge in [0.25, 0.3) is 0 Å². The summed E-state index contributed by atoms with van der Waals surface area (Å²) in [4.78, 5) is 3.98. The molecule has 2 atom stereocenters. The number of piperidine rings is 1. The van der Waals surface area contributed by atoms with Gasteiger partial charge in [0.15, 0.2) is 5.82 Å². The van der Waals surface area contributed by atoms with Gasteiger partial charge < -0.3 is 10.5 Å². The zero-order valence-corrected chi connectivity index (χ0v) is 12.8. The number of hydrogen-bond acceptors (Lipinski definition) is 6. The van der Waals surface area contributed by atoms with E-state index in [9.17, 15) is 13.5 Å². The molecule has 0 amide bonds. The molecule has 7 nitrogen and oxygen atoms in total. The first-order chi connectivity index (χ1) is 9.93. The van der Waals surface area contributed by atoms with E-state index in [2.05, 4.69) is 10.4 Å². The van der Waals surface area contributed by atoms with E-state index in [1.54, 1.807) is 0 Å². The molecule has 2 aliphatic heterocycles. The number of aliphatic hydroxyl groups is 1. The van der Waals surface area contributed by atoms with Gasteiger partial charge in [-0.15, -0.1) is 0 Å². The van der Waals surface area contributed by atoms with Crippen molar-refractivity contribution >= 4 is 27.4 Å². The Balaban J connectivity index is 1.96. The molecule has 116 valence electrons. The van der Waals surface area contributed by atoms with Gasteiger partial charge >= 0.3 is 0 Å². The van der Waals surface area contributed by atoms with Crippen LogP contribution in [0, 0.1) is 0 Å². The summed E-state index contributed by atoms with van der Waals surface area (Å²) >= 11 is 5.96. The smallest absolute Gasteiger partial charge is 0.245 e. The predicted octanol–water partition coefficient (Wildman–Crippen LogP) is 0.697. The summed E-state index contributed by atoms with van der Waals surface area (Å²) in [5.74, 6) is 5.47. The maximum Gasteiger partial charge on any atom is 0.245 e. The first-order valence-electron chi connectivity index (χ1n) is 6.77. The summed E-state index contributed by atoms with van der Waals surface area (Å²) in [5, 5.41) is 9.93. The SMILES string of the molecule is NNc1ncc(S(=O)(=O)N2C3CCC2CC(O)C3)cc1Cl. The average molecular weight is 333 g/mol. The topological polar surface area (TPSA) is 109 Å². The van der Waals surface area contributed by atoms with E-state index in [4.69, 9.17) is 17.4 Å². The fourth-order valence-corrected chi connectivity index (χ4v) is 5.44. The van der Waals surface area contributed by atoms with Gasteiger partial charge in [0.2, 0.25) is 10.0 Å². The maximum atomic E-state index is 12.8. The molecule has 2 bridgehead atoms. The standard InChI is InChI=1S/C12H17ClN4O3S/c13-11-5-10(6-15-12(11)16-14)21(19,20)17-7-1-2-8(17)4-9(18)3-7/h5-9,18H,1-4,14H2,(H,15,16). The molecule has 2 saturated heterocycles. The number of aliphatic hydroxyl groups excluding tert-OH is 1. The highest BCUT2D eigenvalue weighted by Crippen LogP contribution is 2.40. The molecule has 21 heavy (non-hydrogen) atoms. The number of fused-ring (bicyclic) bond motifs is 2. The molecule has 1 aromatic heterocycles. The van der Waals surface area contributed by atoms with Crippen LogP contribution in [0.25, 0.3) is 0 Å². The van der Waals surface area contributed by atoms with Crippen LogP contribution in [0.2, 0.25) is 5.02 Å².